The van der Waals surface area contributed by atoms with E-state index in [-0.39, 0.29) is 12.2 Å². The number of aromatic nitrogens is 1. The highest BCUT2D eigenvalue weighted by atomic mass is 19.4. The molecule has 0 aromatic carbocycles. The molecule has 0 saturated carbocycles. The number of nitrogens with zero attached hydrogens (tertiary/aromatic N) is 2. The van der Waals surface area contributed by atoms with Gasteiger partial charge in [-0.05, 0) is 25.0 Å². The number of likely N-dealkylation sites (tertiary alicyclic amines) is 1. The Morgan fingerprint density at radius 2 is 2.05 bits per heavy atom. The zero-order chi connectivity index (χ0) is 14.9. The van der Waals surface area contributed by atoms with Crippen LogP contribution in [0.4, 0.5) is 13.2 Å². The van der Waals surface area contributed by atoms with Crippen molar-refractivity contribution in [3.63, 3.8) is 0 Å². The lowest BCUT2D eigenvalue weighted by molar-refractivity contribution is -0.141. The molecule has 1 amide bonds. The molecule has 5 nitrogen and oxygen atoms in total. The van der Waals surface area contributed by atoms with Crippen LogP contribution >= 0.6 is 0 Å². The van der Waals surface area contributed by atoms with Crippen LogP contribution in [-0.2, 0) is 11.0 Å². The smallest absolute Gasteiger partial charge is 0.417 e. The van der Waals surface area contributed by atoms with Gasteiger partial charge in [0.05, 0.1) is 5.56 Å². The van der Waals surface area contributed by atoms with Crippen molar-refractivity contribution in [3.8, 4) is 0 Å². The van der Waals surface area contributed by atoms with E-state index in [1.807, 2.05) is 0 Å². The highest BCUT2D eigenvalue weighted by Gasteiger charge is 2.35. The Kier molecular flexibility index (Phi) is 3.65. The average molecular weight is 288 g/mol. The fourth-order valence-corrected chi connectivity index (χ4v) is 2.10. The van der Waals surface area contributed by atoms with Crippen LogP contribution in [0.2, 0.25) is 0 Å². The van der Waals surface area contributed by atoms with Crippen molar-refractivity contribution >= 4 is 11.9 Å². The Labute approximate surface area is 112 Å². The number of pyridine rings is 1. The molecule has 2 rings (SSSR count). The normalized spacial score (nSPS) is 19.1. The lowest BCUT2D eigenvalue weighted by Gasteiger charge is -2.20. The van der Waals surface area contributed by atoms with Gasteiger partial charge in [0.15, 0.2) is 0 Å². The summed E-state index contributed by atoms with van der Waals surface area (Å²) in [6.45, 7) is 0.262. The first-order valence-electron chi connectivity index (χ1n) is 5.87. The van der Waals surface area contributed by atoms with Gasteiger partial charge in [-0.2, -0.15) is 13.2 Å². The average Bonchev–Trinajstić information content (AvgIpc) is 2.86. The molecular weight excluding hydrogens is 277 g/mol. The quantitative estimate of drug-likeness (QED) is 0.900. The fourth-order valence-electron chi connectivity index (χ4n) is 2.10. The van der Waals surface area contributed by atoms with Crippen molar-refractivity contribution in [2.45, 2.75) is 25.1 Å². The number of hydrogen-bond donors (Lipinski definition) is 1. The molecule has 1 N–H and O–H groups in total. The predicted octanol–water partition coefficient (Wildman–Crippen LogP) is 1.79. The molecule has 8 heteroatoms. The van der Waals surface area contributed by atoms with Gasteiger partial charge >= 0.3 is 12.1 Å². The Morgan fingerprint density at radius 3 is 2.55 bits per heavy atom. The zero-order valence-corrected chi connectivity index (χ0v) is 10.2. The third-order valence-electron chi connectivity index (χ3n) is 3.11. The van der Waals surface area contributed by atoms with Gasteiger partial charge in [-0.25, -0.2) is 4.79 Å². The minimum atomic E-state index is -4.52. The Bertz CT molecular complexity index is 528. The van der Waals surface area contributed by atoms with Gasteiger partial charge < -0.3 is 10.0 Å². The first-order valence-corrected chi connectivity index (χ1v) is 5.87. The maximum Gasteiger partial charge on any atom is 0.417 e. The second kappa shape index (κ2) is 5.10. The van der Waals surface area contributed by atoms with Gasteiger partial charge in [-0.15, -0.1) is 0 Å². The molecule has 0 spiro atoms. The van der Waals surface area contributed by atoms with E-state index in [0.717, 1.165) is 17.0 Å². The van der Waals surface area contributed by atoms with Crippen molar-refractivity contribution in [2.24, 2.45) is 0 Å². The summed E-state index contributed by atoms with van der Waals surface area (Å²) in [4.78, 5) is 27.6. The topological polar surface area (TPSA) is 70.5 Å². The second-order valence-electron chi connectivity index (χ2n) is 4.42. The first-order chi connectivity index (χ1) is 9.30. The lowest BCUT2D eigenvalue weighted by Crippen LogP contribution is -2.40. The number of halogens is 3. The molecule has 0 aliphatic carbocycles. The van der Waals surface area contributed by atoms with Crippen LogP contribution in [0.1, 0.15) is 28.9 Å². The molecule has 0 unspecified atom stereocenters. The lowest BCUT2D eigenvalue weighted by atomic mass is 10.2. The van der Waals surface area contributed by atoms with Crippen molar-refractivity contribution in [1.82, 2.24) is 9.88 Å². The number of carboxylic acid groups (broad SMARTS) is 1. The number of carboxylic acids is 1. The molecular formula is C12H11F3N2O3. The number of amides is 1. The minimum absolute atomic E-state index is 0.189. The molecule has 1 atom stereocenters. The molecule has 20 heavy (non-hydrogen) atoms. The summed E-state index contributed by atoms with van der Waals surface area (Å²) in [5, 5.41) is 8.97. The predicted molar refractivity (Wildman–Crippen MR) is 60.9 cm³/mol. The molecule has 1 aliphatic heterocycles. The molecule has 0 bridgehead atoms. The third kappa shape index (κ3) is 2.73. The summed E-state index contributed by atoms with van der Waals surface area (Å²) in [5.74, 6) is -1.79. The van der Waals surface area contributed by atoms with E-state index in [9.17, 15) is 22.8 Å². The van der Waals surface area contributed by atoms with E-state index in [1.54, 1.807) is 0 Å². The summed E-state index contributed by atoms with van der Waals surface area (Å²) in [6, 6.07) is 0.778. The fraction of sp³-hybridized carbons (Fsp3) is 0.417. The maximum atomic E-state index is 12.4. The highest BCUT2D eigenvalue weighted by molar-refractivity contribution is 5.95. The number of aliphatic carboxylic acids is 1. The Morgan fingerprint density at radius 1 is 1.35 bits per heavy atom. The van der Waals surface area contributed by atoms with Crippen LogP contribution in [0.3, 0.4) is 0 Å². The summed E-state index contributed by atoms with van der Waals surface area (Å²) in [5.41, 5.74) is -1.14. The number of alkyl halides is 3. The van der Waals surface area contributed by atoms with Gasteiger partial charge in [0, 0.05) is 12.7 Å². The monoisotopic (exact) mass is 288 g/mol. The number of rotatable bonds is 2. The van der Waals surface area contributed by atoms with Crippen molar-refractivity contribution in [2.75, 3.05) is 6.54 Å². The van der Waals surface area contributed by atoms with Crippen molar-refractivity contribution in [3.05, 3.63) is 29.6 Å². The highest BCUT2D eigenvalue weighted by Crippen LogP contribution is 2.28. The van der Waals surface area contributed by atoms with Crippen molar-refractivity contribution < 1.29 is 27.9 Å². The molecule has 108 valence electrons. The standard InChI is InChI=1S/C12H11F3N2O3/c13-12(14,15)7-3-4-8(16-6-7)10(18)17-5-1-2-9(17)11(19)20/h3-4,6,9H,1-2,5H2,(H,19,20)/t9-/m1/s1. The van der Waals surface area contributed by atoms with Crippen LogP contribution in [-0.4, -0.2) is 39.5 Å². The van der Waals surface area contributed by atoms with Gasteiger partial charge in [-0.3, -0.25) is 9.78 Å². The van der Waals surface area contributed by atoms with Gasteiger partial charge in [0.25, 0.3) is 5.91 Å². The van der Waals surface area contributed by atoms with Gasteiger partial charge in [-0.1, -0.05) is 0 Å². The Hall–Kier alpha value is -2.12. The number of hydrogen-bond acceptors (Lipinski definition) is 3. The van der Waals surface area contributed by atoms with E-state index in [2.05, 4.69) is 4.98 Å². The molecule has 1 aliphatic rings. The van der Waals surface area contributed by atoms with E-state index in [0.29, 0.717) is 19.0 Å². The van der Waals surface area contributed by atoms with E-state index < -0.39 is 29.7 Å². The third-order valence-corrected chi connectivity index (χ3v) is 3.11. The summed E-state index contributed by atoms with van der Waals surface area (Å²) in [6.07, 6.45) is -3.07. The number of carbonyl (C=O) groups excluding carboxylic acids is 1. The zero-order valence-electron chi connectivity index (χ0n) is 10.2. The van der Waals surface area contributed by atoms with E-state index in [1.165, 1.54) is 0 Å². The van der Waals surface area contributed by atoms with Gasteiger partial charge in [0.2, 0.25) is 0 Å². The van der Waals surface area contributed by atoms with Crippen LogP contribution in [0, 0.1) is 0 Å². The molecule has 1 saturated heterocycles. The molecule has 1 aromatic heterocycles. The Balaban J connectivity index is 2.19. The molecule has 1 fully saturated rings. The molecule has 2 heterocycles. The largest absolute Gasteiger partial charge is 0.480 e. The first kappa shape index (κ1) is 14.3. The summed E-state index contributed by atoms with van der Waals surface area (Å²) >= 11 is 0. The van der Waals surface area contributed by atoms with Crippen molar-refractivity contribution in [1.29, 1.82) is 0 Å². The summed E-state index contributed by atoms with van der Waals surface area (Å²) in [7, 11) is 0. The van der Waals surface area contributed by atoms with Crippen LogP contribution in [0.5, 0.6) is 0 Å². The molecule has 1 aromatic rings. The van der Waals surface area contributed by atoms with E-state index >= 15 is 0 Å². The minimum Gasteiger partial charge on any atom is -0.480 e. The SMILES string of the molecule is O=C(O)[C@H]1CCCN1C(=O)c1ccc(C(F)(F)F)cn1. The maximum absolute atomic E-state index is 12.4. The molecule has 0 radical (unpaired) electrons. The van der Waals surface area contributed by atoms with E-state index in [4.69, 9.17) is 5.11 Å². The second-order valence-corrected chi connectivity index (χ2v) is 4.42. The van der Waals surface area contributed by atoms with Crippen LogP contribution in [0.25, 0.3) is 0 Å². The van der Waals surface area contributed by atoms with Crippen LogP contribution < -0.4 is 0 Å². The van der Waals surface area contributed by atoms with Gasteiger partial charge in [0.1, 0.15) is 11.7 Å². The summed E-state index contributed by atoms with van der Waals surface area (Å²) < 4.78 is 37.1. The number of carbonyl (C=O) groups is 2. The van der Waals surface area contributed by atoms with Crippen LogP contribution in [0.15, 0.2) is 18.3 Å².